The Balaban J connectivity index is 1.22. The summed E-state index contributed by atoms with van der Waals surface area (Å²) in [7, 11) is 1.62. The van der Waals surface area contributed by atoms with E-state index in [9.17, 15) is 9.59 Å². The highest BCUT2D eigenvalue weighted by Crippen LogP contribution is 2.26. The summed E-state index contributed by atoms with van der Waals surface area (Å²) in [5.41, 5.74) is 3.36. The van der Waals surface area contributed by atoms with Gasteiger partial charge in [0.15, 0.2) is 0 Å². The van der Waals surface area contributed by atoms with Crippen molar-refractivity contribution in [3.63, 3.8) is 0 Å². The highest BCUT2D eigenvalue weighted by Gasteiger charge is 2.22. The van der Waals surface area contributed by atoms with Gasteiger partial charge in [0.25, 0.3) is 5.56 Å². The zero-order chi connectivity index (χ0) is 24.4. The van der Waals surface area contributed by atoms with Crippen LogP contribution in [0.25, 0.3) is 15.5 Å². The molecule has 3 heterocycles. The van der Waals surface area contributed by atoms with Gasteiger partial charge >= 0.3 is 6.03 Å². The van der Waals surface area contributed by atoms with Crippen LogP contribution in [-0.2, 0) is 6.54 Å². The lowest BCUT2D eigenvalue weighted by Crippen LogP contribution is -2.49. The van der Waals surface area contributed by atoms with Gasteiger partial charge in [-0.05, 0) is 43.3 Å². The average Bonchev–Trinajstić information content (AvgIpc) is 3.31. The zero-order valence-corrected chi connectivity index (χ0v) is 20.4. The molecule has 0 atom stereocenters. The number of nitrogens with zero attached hydrogens (tertiary/aromatic N) is 5. The largest absolute Gasteiger partial charge is 0.497 e. The van der Waals surface area contributed by atoms with E-state index in [-0.39, 0.29) is 11.6 Å². The fraction of sp³-hybridized carbons (Fsp3) is 0.280. The van der Waals surface area contributed by atoms with Gasteiger partial charge in [-0.15, -0.1) is 0 Å². The Labute approximate surface area is 206 Å². The van der Waals surface area contributed by atoms with Crippen LogP contribution in [0.5, 0.6) is 5.75 Å². The molecule has 0 spiro atoms. The number of amides is 2. The van der Waals surface area contributed by atoms with E-state index in [1.807, 2.05) is 60.4 Å². The number of benzene rings is 2. The molecule has 1 aliphatic heterocycles. The molecule has 0 saturated carbocycles. The van der Waals surface area contributed by atoms with Crippen LogP contribution in [0.4, 0.5) is 10.5 Å². The zero-order valence-electron chi connectivity index (χ0n) is 19.6. The standard InChI is InChI=1S/C25H26N6O3S/c1-17-3-7-19(8-4-17)26-24(33)30-13-11-29(12-14-30)16-20-15-22(32)31-25(27-20)35-23(28-31)18-5-9-21(34-2)10-6-18/h3-10,15H,11-14,16H2,1-2H3,(H,26,33). The summed E-state index contributed by atoms with van der Waals surface area (Å²) in [6.45, 7) is 5.21. The van der Waals surface area contributed by atoms with Gasteiger partial charge in [0.05, 0.1) is 12.8 Å². The van der Waals surface area contributed by atoms with E-state index >= 15 is 0 Å². The lowest BCUT2D eigenvalue weighted by atomic mass is 10.2. The highest BCUT2D eigenvalue weighted by molar-refractivity contribution is 7.19. The summed E-state index contributed by atoms with van der Waals surface area (Å²) < 4.78 is 6.56. The van der Waals surface area contributed by atoms with Crippen molar-refractivity contribution in [2.24, 2.45) is 0 Å². The van der Waals surface area contributed by atoms with Gasteiger partial charge < -0.3 is 15.0 Å². The summed E-state index contributed by atoms with van der Waals surface area (Å²) in [5.74, 6) is 0.764. The molecule has 9 nitrogen and oxygen atoms in total. The molecular formula is C25H26N6O3S. The second kappa shape index (κ2) is 9.85. The Morgan fingerprint density at radius 2 is 1.77 bits per heavy atom. The van der Waals surface area contributed by atoms with E-state index in [4.69, 9.17) is 4.74 Å². The molecule has 10 heteroatoms. The number of piperazine rings is 1. The minimum Gasteiger partial charge on any atom is -0.497 e. The minimum atomic E-state index is -0.197. The highest BCUT2D eigenvalue weighted by atomic mass is 32.1. The molecule has 2 amide bonds. The summed E-state index contributed by atoms with van der Waals surface area (Å²) in [4.78, 5) is 34.6. The van der Waals surface area contributed by atoms with Crippen LogP contribution in [0.2, 0.25) is 0 Å². The molecule has 35 heavy (non-hydrogen) atoms. The smallest absolute Gasteiger partial charge is 0.321 e. The predicted octanol–water partition coefficient (Wildman–Crippen LogP) is 3.48. The number of aryl methyl sites for hydroxylation is 1. The number of hydrogen-bond acceptors (Lipinski definition) is 7. The van der Waals surface area contributed by atoms with E-state index in [0.717, 1.165) is 27.6 Å². The lowest BCUT2D eigenvalue weighted by molar-refractivity contribution is 0.142. The van der Waals surface area contributed by atoms with Crippen LogP contribution in [0.3, 0.4) is 0 Å². The van der Waals surface area contributed by atoms with Gasteiger partial charge in [-0.3, -0.25) is 9.69 Å². The van der Waals surface area contributed by atoms with Crippen molar-refractivity contribution in [2.75, 3.05) is 38.6 Å². The molecule has 0 unspecified atom stereocenters. The molecule has 5 rings (SSSR count). The number of hydrogen-bond donors (Lipinski definition) is 1. The fourth-order valence-electron chi connectivity index (χ4n) is 3.97. The Morgan fingerprint density at radius 3 is 2.46 bits per heavy atom. The third kappa shape index (κ3) is 5.18. The Morgan fingerprint density at radius 1 is 1.06 bits per heavy atom. The number of ether oxygens (including phenoxy) is 1. The first-order chi connectivity index (χ1) is 17.0. The first-order valence-electron chi connectivity index (χ1n) is 11.4. The van der Waals surface area contributed by atoms with Gasteiger partial charge in [0.2, 0.25) is 4.96 Å². The van der Waals surface area contributed by atoms with Gasteiger partial charge in [-0.25, -0.2) is 9.78 Å². The van der Waals surface area contributed by atoms with Crippen LogP contribution < -0.4 is 15.6 Å². The first kappa shape index (κ1) is 23.0. The molecule has 1 saturated heterocycles. The van der Waals surface area contributed by atoms with Crippen molar-refractivity contribution >= 4 is 28.0 Å². The number of nitrogens with one attached hydrogen (secondary N) is 1. The molecule has 0 radical (unpaired) electrons. The third-order valence-corrected chi connectivity index (χ3v) is 6.94. The number of rotatable bonds is 5. The van der Waals surface area contributed by atoms with Gasteiger partial charge in [-0.2, -0.15) is 9.61 Å². The second-order valence-electron chi connectivity index (χ2n) is 8.48. The normalized spacial score (nSPS) is 14.3. The summed E-state index contributed by atoms with van der Waals surface area (Å²) >= 11 is 1.38. The number of fused-ring (bicyclic) bond motifs is 1. The lowest BCUT2D eigenvalue weighted by Gasteiger charge is -2.34. The van der Waals surface area contributed by atoms with Crippen molar-refractivity contribution in [2.45, 2.75) is 13.5 Å². The van der Waals surface area contributed by atoms with Crippen molar-refractivity contribution in [1.29, 1.82) is 0 Å². The molecular weight excluding hydrogens is 464 g/mol. The predicted molar refractivity (Wildman–Crippen MR) is 136 cm³/mol. The van der Waals surface area contributed by atoms with Gasteiger partial charge in [0, 0.05) is 50.0 Å². The molecule has 1 fully saturated rings. The van der Waals surface area contributed by atoms with Gasteiger partial charge in [0.1, 0.15) is 10.8 Å². The molecule has 0 aliphatic carbocycles. The van der Waals surface area contributed by atoms with Crippen molar-refractivity contribution in [3.05, 3.63) is 76.2 Å². The summed E-state index contributed by atoms with van der Waals surface area (Å²) in [5, 5.41) is 8.13. The molecule has 1 aliphatic rings. The molecule has 0 bridgehead atoms. The molecule has 2 aromatic carbocycles. The summed E-state index contributed by atoms with van der Waals surface area (Å²) in [6, 6.07) is 16.8. The van der Waals surface area contributed by atoms with E-state index in [1.165, 1.54) is 15.9 Å². The number of urea groups is 1. The summed E-state index contributed by atoms with van der Waals surface area (Å²) in [6.07, 6.45) is 0. The van der Waals surface area contributed by atoms with Crippen molar-refractivity contribution < 1.29 is 9.53 Å². The van der Waals surface area contributed by atoms with E-state index in [0.29, 0.717) is 43.4 Å². The van der Waals surface area contributed by atoms with Crippen LogP contribution in [0, 0.1) is 6.92 Å². The van der Waals surface area contributed by atoms with Crippen LogP contribution in [0.15, 0.2) is 59.4 Å². The topological polar surface area (TPSA) is 92.1 Å². The number of methoxy groups -OCH3 is 1. The third-order valence-electron chi connectivity index (χ3n) is 5.98. The Hall–Kier alpha value is -3.76. The monoisotopic (exact) mass is 490 g/mol. The number of carbonyl (C=O) groups is 1. The van der Waals surface area contributed by atoms with Crippen molar-refractivity contribution in [3.8, 4) is 16.3 Å². The van der Waals surface area contributed by atoms with Crippen LogP contribution in [-0.4, -0.2) is 63.7 Å². The minimum absolute atomic E-state index is 0.0954. The first-order valence-corrected chi connectivity index (χ1v) is 12.2. The van der Waals surface area contributed by atoms with E-state index < -0.39 is 0 Å². The number of aromatic nitrogens is 3. The van der Waals surface area contributed by atoms with Crippen LogP contribution >= 0.6 is 11.3 Å². The van der Waals surface area contributed by atoms with Crippen LogP contribution in [0.1, 0.15) is 11.3 Å². The quantitative estimate of drug-likeness (QED) is 0.461. The maximum atomic E-state index is 12.7. The fourth-order valence-corrected chi connectivity index (χ4v) is 4.89. The molecule has 180 valence electrons. The molecule has 2 aromatic heterocycles. The van der Waals surface area contributed by atoms with Gasteiger partial charge in [-0.1, -0.05) is 29.0 Å². The average molecular weight is 491 g/mol. The number of anilines is 1. The SMILES string of the molecule is COc1ccc(-c2nn3c(=O)cc(CN4CCN(C(=O)Nc5ccc(C)cc5)CC4)nc3s2)cc1. The molecule has 4 aromatic rings. The van der Waals surface area contributed by atoms with E-state index in [2.05, 4.69) is 20.3 Å². The van der Waals surface area contributed by atoms with E-state index in [1.54, 1.807) is 13.2 Å². The maximum Gasteiger partial charge on any atom is 0.321 e. The number of carbonyl (C=O) groups excluding carboxylic acids is 1. The Kier molecular flexibility index (Phi) is 6.47. The molecule has 1 N–H and O–H groups in total. The maximum absolute atomic E-state index is 12.7. The van der Waals surface area contributed by atoms with Crippen molar-refractivity contribution in [1.82, 2.24) is 24.4 Å². The second-order valence-corrected chi connectivity index (χ2v) is 9.43. The Bertz CT molecular complexity index is 1390.